The van der Waals surface area contributed by atoms with Gasteiger partial charge in [0.25, 0.3) is 0 Å². The van der Waals surface area contributed by atoms with Gasteiger partial charge in [-0.25, -0.2) is 19.0 Å². The van der Waals surface area contributed by atoms with Crippen LogP contribution in [0.15, 0.2) is 41.9 Å². The third-order valence-corrected chi connectivity index (χ3v) is 6.29. The first-order valence-corrected chi connectivity index (χ1v) is 12.8. The number of carbonyl (C=O) groups excluding carboxylic acids is 4. The predicted octanol–water partition coefficient (Wildman–Crippen LogP) is 1.06. The number of aromatic nitrogens is 2. The van der Waals surface area contributed by atoms with Crippen LogP contribution in [0.2, 0.25) is 0 Å². The summed E-state index contributed by atoms with van der Waals surface area (Å²) in [4.78, 5) is 53.4. The highest BCUT2D eigenvalue weighted by atomic mass is 32.1. The molecule has 1 saturated heterocycles. The lowest BCUT2D eigenvalue weighted by molar-refractivity contribution is -0.360. The first kappa shape index (κ1) is 31.9. The number of carboxylic acid groups (broad SMARTS) is 1. The number of pyridine rings is 1. The van der Waals surface area contributed by atoms with Crippen LogP contribution < -0.4 is 21.1 Å². The van der Waals surface area contributed by atoms with Crippen LogP contribution in [0.1, 0.15) is 12.6 Å². The lowest BCUT2D eigenvalue weighted by atomic mass is 10.1. The van der Waals surface area contributed by atoms with Crippen molar-refractivity contribution in [2.24, 2.45) is 0 Å². The van der Waals surface area contributed by atoms with Gasteiger partial charge in [-0.1, -0.05) is 6.07 Å². The summed E-state index contributed by atoms with van der Waals surface area (Å²) >= 11 is 1.36. The molecule has 0 aliphatic carbocycles. The Morgan fingerprint density at radius 1 is 1.26 bits per heavy atom. The molecule has 42 heavy (non-hydrogen) atoms. The van der Waals surface area contributed by atoms with Crippen LogP contribution in [-0.2, 0) is 30.5 Å². The Bertz CT molecular complexity index is 1450. The number of amides is 2. The van der Waals surface area contributed by atoms with Crippen LogP contribution in [-0.4, -0.2) is 65.8 Å². The van der Waals surface area contributed by atoms with Gasteiger partial charge in [-0.3, -0.25) is 14.7 Å². The molecule has 1 aliphatic rings. The molecule has 1 aromatic carbocycles. The number of nitrogens with one attached hydrogen (secondary N) is 1. The summed E-state index contributed by atoms with van der Waals surface area (Å²) in [7, 11) is 0. The fourth-order valence-corrected chi connectivity index (χ4v) is 4.18. The first-order chi connectivity index (χ1) is 19.8. The maximum absolute atomic E-state index is 15.0. The lowest BCUT2D eigenvalue weighted by Crippen LogP contribution is -2.54. The molecule has 12 nitrogen and oxygen atoms in total. The number of ether oxygens (including phenoxy) is 2. The van der Waals surface area contributed by atoms with Gasteiger partial charge < -0.3 is 30.4 Å². The molecule has 17 heteroatoms. The summed E-state index contributed by atoms with van der Waals surface area (Å²) in [5.41, 5.74) is 5.94. The monoisotopic (exact) mass is 613 g/mol. The van der Waals surface area contributed by atoms with Crippen LogP contribution in [0.4, 0.5) is 28.0 Å². The summed E-state index contributed by atoms with van der Waals surface area (Å²) in [6.45, 7) is 1.90. The van der Waals surface area contributed by atoms with E-state index in [9.17, 15) is 31.9 Å². The SMILES string of the molecule is CC(=O)NC[C@H]1CN(c2ccc(-c3ccc(-c4nc(COC(=O)C[NH3+])cs4)nc3)c(F)c2)C(=O)O1.O=C([O-])C(F)(F)F. The number of hydrogen-bond acceptors (Lipinski definition) is 10. The number of thiazole rings is 1. The van der Waals surface area contributed by atoms with Crippen LogP contribution in [0.5, 0.6) is 0 Å². The maximum Gasteiger partial charge on any atom is 0.430 e. The zero-order chi connectivity index (χ0) is 31.0. The molecule has 4 rings (SSSR count). The molecule has 224 valence electrons. The van der Waals surface area contributed by atoms with E-state index in [4.69, 9.17) is 19.4 Å². The second kappa shape index (κ2) is 13.8. The average molecular weight is 614 g/mol. The van der Waals surface area contributed by atoms with Gasteiger partial charge in [0.1, 0.15) is 29.5 Å². The van der Waals surface area contributed by atoms with E-state index in [1.807, 2.05) is 0 Å². The topological polar surface area (TPSA) is 178 Å². The highest BCUT2D eigenvalue weighted by molar-refractivity contribution is 7.13. The molecular weight excluding hydrogens is 590 g/mol. The molecule has 2 aromatic heterocycles. The van der Waals surface area contributed by atoms with Crippen LogP contribution in [0, 0.1) is 5.82 Å². The zero-order valence-corrected chi connectivity index (χ0v) is 22.6. The summed E-state index contributed by atoms with van der Waals surface area (Å²) < 4.78 is 56.8. The molecule has 0 bridgehead atoms. The number of quaternary nitrogens is 1. The largest absolute Gasteiger partial charge is 0.542 e. The second-order valence-electron chi connectivity index (χ2n) is 8.49. The smallest absolute Gasteiger partial charge is 0.430 e. The van der Waals surface area contributed by atoms with Gasteiger partial charge in [-0.05, 0) is 24.3 Å². The Kier molecular flexibility index (Phi) is 10.5. The zero-order valence-electron chi connectivity index (χ0n) is 21.8. The first-order valence-electron chi connectivity index (χ1n) is 11.9. The van der Waals surface area contributed by atoms with Crippen molar-refractivity contribution in [3.05, 3.63) is 53.4 Å². The quantitative estimate of drug-likeness (QED) is 0.278. The molecule has 1 aliphatic heterocycles. The number of alkyl halides is 3. The van der Waals surface area contributed by atoms with Crippen molar-refractivity contribution in [3.63, 3.8) is 0 Å². The van der Waals surface area contributed by atoms with Crippen molar-refractivity contribution in [2.75, 3.05) is 24.5 Å². The summed E-state index contributed by atoms with van der Waals surface area (Å²) in [5.74, 6) is -4.15. The van der Waals surface area contributed by atoms with Crippen LogP contribution >= 0.6 is 11.3 Å². The van der Waals surface area contributed by atoms with Gasteiger partial charge in [0.2, 0.25) is 5.91 Å². The Balaban J connectivity index is 0.000000616. The highest BCUT2D eigenvalue weighted by Gasteiger charge is 2.33. The molecule has 3 heterocycles. The molecular formula is C25H23F4N5O7S. The normalized spacial score (nSPS) is 14.5. The maximum atomic E-state index is 15.0. The van der Waals surface area contributed by atoms with Crippen LogP contribution in [0.25, 0.3) is 21.8 Å². The van der Waals surface area contributed by atoms with Gasteiger partial charge in [0.05, 0.1) is 30.2 Å². The van der Waals surface area contributed by atoms with E-state index in [2.05, 4.69) is 21.0 Å². The van der Waals surface area contributed by atoms with Gasteiger partial charge in [-0.15, -0.1) is 11.3 Å². The number of rotatable bonds is 8. The molecule has 1 fully saturated rings. The molecule has 3 aromatic rings. The van der Waals surface area contributed by atoms with E-state index in [0.29, 0.717) is 33.2 Å². The third-order valence-electron chi connectivity index (χ3n) is 5.38. The molecule has 4 N–H and O–H groups in total. The number of carbonyl (C=O) groups is 4. The minimum Gasteiger partial charge on any atom is -0.542 e. The number of halogens is 4. The van der Waals surface area contributed by atoms with Crippen molar-refractivity contribution >= 4 is 41.0 Å². The number of aliphatic carboxylic acids is 1. The number of cyclic esters (lactones) is 1. The lowest BCUT2D eigenvalue weighted by Gasteiger charge is -2.14. The van der Waals surface area contributed by atoms with E-state index in [0.717, 1.165) is 0 Å². The standard InChI is InChI=1S/C23H22FN5O5S.C2HF3O2/c1-13(30)26-9-17-10-29(23(32)34-17)16-3-4-18(19(24)6-16)14-2-5-20(27-8-14)22-28-15(12-35-22)11-33-21(31)7-25;3-2(4,5)1(6)7/h2-6,8,12,17H,7,9-11,25H2,1H3,(H,26,30);(H,6,7)/t17-;/m0./s1. The molecule has 1 atom stereocenters. The third kappa shape index (κ3) is 8.68. The van der Waals surface area contributed by atoms with Gasteiger partial charge in [0.15, 0.2) is 6.54 Å². The molecule has 0 spiro atoms. The van der Waals surface area contributed by atoms with E-state index in [-0.39, 0.29) is 32.1 Å². The van der Waals surface area contributed by atoms with Crippen molar-refractivity contribution in [1.82, 2.24) is 15.3 Å². The predicted molar refractivity (Wildman–Crippen MR) is 136 cm³/mol. The highest BCUT2D eigenvalue weighted by Crippen LogP contribution is 2.30. The molecule has 0 radical (unpaired) electrons. The van der Waals surface area contributed by atoms with E-state index in [1.165, 1.54) is 29.2 Å². The van der Waals surface area contributed by atoms with Crippen molar-refractivity contribution in [2.45, 2.75) is 25.8 Å². The van der Waals surface area contributed by atoms with Crippen LogP contribution in [0.3, 0.4) is 0 Å². The number of hydrogen-bond donors (Lipinski definition) is 2. The molecule has 0 unspecified atom stereocenters. The Hall–Kier alpha value is -4.64. The Labute approximate surface area is 239 Å². The summed E-state index contributed by atoms with van der Waals surface area (Å²) in [6, 6.07) is 7.95. The molecule has 0 saturated carbocycles. The number of nitrogens with zero attached hydrogens (tertiary/aromatic N) is 3. The van der Waals surface area contributed by atoms with Gasteiger partial charge >= 0.3 is 18.2 Å². The van der Waals surface area contributed by atoms with Crippen molar-refractivity contribution in [3.8, 4) is 21.8 Å². The summed E-state index contributed by atoms with van der Waals surface area (Å²) in [5, 5.41) is 13.8. The van der Waals surface area contributed by atoms with Crippen molar-refractivity contribution in [1.29, 1.82) is 0 Å². The van der Waals surface area contributed by atoms with E-state index < -0.39 is 36.1 Å². The Morgan fingerprint density at radius 2 is 1.98 bits per heavy atom. The average Bonchev–Trinajstić information content (AvgIpc) is 3.57. The molecule has 2 amide bonds. The van der Waals surface area contributed by atoms with Gasteiger partial charge in [-0.2, -0.15) is 13.2 Å². The minimum absolute atomic E-state index is 0.0544. The summed E-state index contributed by atoms with van der Waals surface area (Å²) in [6.07, 6.45) is -4.75. The van der Waals surface area contributed by atoms with Crippen molar-refractivity contribution < 1.29 is 57.1 Å². The Morgan fingerprint density at radius 3 is 2.55 bits per heavy atom. The number of esters is 1. The van der Waals surface area contributed by atoms with E-state index in [1.54, 1.807) is 35.8 Å². The number of benzene rings is 1. The number of carboxylic acids is 1. The van der Waals surface area contributed by atoms with Gasteiger partial charge in [0, 0.05) is 29.6 Å². The number of anilines is 1. The van der Waals surface area contributed by atoms with E-state index >= 15 is 0 Å². The second-order valence-corrected chi connectivity index (χ2v) is 9.35. The fourth-order valence-electron chi connectivity index (χ4n) is 3.40. The fraction of sp³-hybridized carbons (Fsp3) is 0.280. The minimum atomic E-state index is -5.19.